The van der Waals surface area contributed by atoms with Crippen molar-refractivity contribution in [2.75, 3.05) is 6.54 Å². The molecule has 162 valence electrons. The maximum Gasteiger partial charge on any atom is 0.265 e. The molecule has 8 heteroatoms. The fourth-order valence-electron chi connectivity index (χ4n) is 3.86. The molecular weight excluding hydrogens is 430 g/mol. The molecule has 0 amide bonds. The molecular formula is C23H25N3O3S2. The number of hydrogen-bond acceptors (Lipinski definition) is 5. The Hall–Kier alpha value is -2.42. The van der Waals surface area contributed by atoms with Crippen LogP contribution in [0.15, 0.2) is 69.3 Å². The average Bonchev–Trinajstić information content (AvgIpc) is 3.37. The summed E-state index contributed by atoms with van der Waals surface area (Å²) in [6, 6.07) is 15.7. The Morgan fingerprint density at radius 3 is 2.39 bits per heavy atom. The van der Waals surface area contributed by atoms with Gasteiger partial charge in [-0.25, -0.2) is 13.1 Å². The first-order valence-electron chi connectivity index (χ1n) is 10.2. The number of hydrogen-bond donors (Lipinski definition) is 0. The predicted octanol–water partition coefficient (Wildman–Crippen LogP) is 4.45. The zero-order valence-corrected chi connectivity index (χ0v) is 19.4. The van der Waals surface area contributed by atoms with Crippen molar-refractivity contribution in [3.8, 4) is 0 Å². The molecule has 0 spiro atoms. The van der Waals surface area contributed by atoms with Gasteiger partial charge in [0.05, 0.1) is 21.2 Å². The van der Waals surface area contributed by atoms with Gasteiger partial charge in [-0.3, -0.25) is 4.79 Å². The molecule has 0 unspecified atom stereocenters. The topological polar surface area (TPSA) is 72.3 Å². The molecule has 1 saturated heterocycles. The molecule has 0 bridgehead atoms. The third kappa shape index (κ3) is 4.20. The molecule has 2 heterocycles. The minimum Gasteiger partial charge on any atom is -0.271 e. The Kier molecular flexibility index (Phi) is 6.05. The summed E-state index contributed by atoms with van der Waals surface area (Å²) in [5, 5.41) is 4.48. The van der Waals surface area contributed by atoms with Crippen LogP contribution in [0, 0.1) is 20.8 Å². The smallest absolute Gasteiger partial charge is 0.265 e. The number of carbonyl (C=O) groups excluding carboxylic acids is 1. The van der Waals surface area contributed by atoms with E-state index >= 15 is 0 Å². The molecule has 3 aromatic rings. The van der Waals surface area contributed by atoms with Crippen molar-refractivity contribution >= 4 is 27.7 Å². The van der Waals surface area contributed by atoms with E-state index in [-0.39, 0.29) is 10.8 Å². The highest BCUT2D eigenvalue weighted by molar-refractivity contribution is 7.99. The normalized spacial score (nSPS) is 17.2. The molecule has 6 nitrogen and oxygen atoms in total. The number of rotatable bonds is 5. The van der Waals surface area contributed by atoms with Crippen LogP contribution in [0.5, 0.6) is 0 Å². The molecule has 0 aliphatic carbocycles. The molecule has 1 atom stereocenters. The van der Waals surface area contributed by atoms with Crippen LogP contribution in [-0.4, -0.2) is 41.0 Å². The van der Waals surface area contributed by atoms with Crippen LogP contribution in [0.4, 0.5) is 0 Å². The van der Waals surface area contributed by atoms with Crippen molar-refractivity contribution in [3.05, 3.63) is 71.5 Å². The molecule has 1 fully saturated rings. The summed E-state index contributed by atoms with van der Waals surface area (Å²) < 4.78 is 29.0. The second-order valence-electron chi connectivity index (χ2n) is 7.75. The number of carbonyl (C=O) groups is 1. The first-order valence-corrected chi connectivity index (χ1v) is 12.5. The van der Waals surface area contributed by atoms with E-state index in [4.69, 9.17) is 0 Å². The summed E-state index contributed by atoms with van der Waals surface area (Å²) in [5.74, 6) is -0.298. The van der Waals surface area contributed by atoms with Gasteiger partial charge in [0.15, 0.2) is 0 Å². The zero-order chi connectivity index (χ0) is 22.2. The van der Waals surface area contributed by atoms with E-state index in [1.807, 2.05) is 45.0 Å². The van der Waals surface area contributed by atoms with Gasteiger partial charge in [-0.15, -0.1) is 0 Å². The van der Waals surface area contributed by atoms with Crippen molar-refractivity contribution < 1.29 is 13.2 Å². The third-order valence-electron chi connectivity index (χ3n) is 5.51. The summed E-state index contributed by atoms with van der Waals surface area (Å²) >= 11 is 1.57. The van der Waals surface area contributed by atoms with Crippen LogP contribution in [0.3, 0.4) is 0 Å². The lowest BCUT2D eigenvalue weighted by atomic mass is 10.2. The van der Waals surface area contributed by atoms with Crippen LogP contribution in [-0.2, 0) is 10.0 Å². The summed E-state index contributed by atoms with van der Waals surface area (Å²) in [6.07, 6.45) is 1.14. The van der Waals surface area contributed by atoms with Crippen molar-refractivity contribution in [2.45, 2.75) is 54.3 Å². The van der Waals surface area contributed by atoms with Gasteiger partial charge in [-0.2, -0.15) is 9.40 Å². The lowest BCUT2D eigenvalue weighted by Crippen LogP contribution is -2.43. The Morgan fingerprint density at radius 1 is 1.03 bits per heavy atom. The summed E-state index contributed by atoms with van der Waals surface area (Å²) in [6.45, 7) is 6.11. The second kappa shape index (κ2) is 8.61. The van der Waals surface area contributed by atoms with Gasteiger partial charge in [0, 0.05) is 11.4 Å². The quantitative estimate of drug-likeness (QED) is 0.568. The number of benzene rings is 2. The lowest BCUT2D eigenvalue weighted by Gasteiger charge is -2.23. The second-order valence-corrected chi connectivity index (χ2v) is 10.7. The van der Waals surface area contributed by atoms with Gasteiger partial charge < -0.3 is 0 Å². The van der Waals surface area contributed by atoms with E-state index in [0.717, 1.165) is 21.2 Å². The molecule has 0 N–H and O–H groups in total. The van der Waals surface area contributed by atoms with Gasteiger partial charge in [-0.05, 0) is 57.9 Å². The van der Waals surface area contributed by atoms with Crippen LogP contribution < -0.4 is 0 Å². The largest absolute Gasteiger partial charge is 0.271 e. The highest BCUT2D eigenvalue weighted by Crippen LogP contribution is 2.34. The highest BCUT2D eigenvalue weighted by atomic mass is 32.2. The summed E-state index contributed by atoms with van der Waals surface area (Å²) in [4.78, 5) is 15.6. The average molecular weight is 456 g/mol. The Morgan fingerprint density at radius 2 is 1.71 bits per heavy atom. The van der Waals surface area contributed by atoms with E-state index in [2.05, 4.69) is 5.10 Å². The van der Waals surface area contributed by atoms with E-state index in [9.17, 15) is 13.2 Å². The van der Waals surface area contributed by atoms with Crippen molar-refractivity contribution in [2.24, 2.45) is 0 Å². The van der Waals surface area contributed by atoms with Crippen molar-refractivity contribution in [3.63, 3.8) is 0 Å². The summed E-state index contributed by atoms with van der Waals surface area (Å²) in [7, 11) is -3.74. The molecule has 0 saturated carbocycles. The number of aryl methyl sites for hydroxylation is 2. The van der Waals surface area contributed by atoms with Crippen LogP contribution in [0.1, 0.15) is 34.6 Å². The number of nitrogens with zero attached hydrogens (tertiary/aromatic N) is 3. The van der Waals surface area contributed by atoms with Gasteiger partial charge >= 0.3 is 0 Å². The first-order chi connectivity index (χ1) is 14.8. The van der Waals surface area contributed by atoms with Crippen molar-refractivity contribution in [1.82, 2.24) is 14.1 Å². The van der Waals surface area contributed by atoms with Gasteiger partial charge in [0.25, 0.3) is 5.91 Å². The molecule has 2 aromatic carbocycles. The molecule has 0 radical (unpaired) electrons. The monoisotopic (exact) mass is 455 g/mol. The SMILES string of the molecule is Cc1ccc(Sc2c(C)nn(C(=O)[C@H]3CCCN3S(=O)(=O)c3ccccc3)c2C)cc1. The van der Waals surface area contributed by atoms with Crippen molar-refractivity contribution in [1.29, 1.82) is 0 Å². The maximum absolute atomic E-state index is 13.4. The Bertz CT molecular complexity index is 1200. The lowest BCUT2D eigenvalue weighted by molar-refractivity contribution is 0.0813. The van der Waals surface area contributed by atoms with E-state index in [0.29, 0.717) is 19.4 Å². The zero-order valence-electron chi connectivity index (χ0n) is 17.8. The maximum atomic E-state index is 13.4. The molecule has 31 heavy (non-hydrogen) atoms. The Balaban J connectivity index is 1.63. The fourth-order valence-corrected chi connectivity index (χ4v) is 6.46. The number of sulfonamides is 1. The van der Waals surface area contributed by atoms with E-state index in [1.54, 1.807) is 42.1 Å². The molecule has 1 aromatic heterocycles. The van der Waals surface area contributed by atoms with Crippen LogP contribution >= 0.6 is 11.8 Å². The fraction of sp³-hybridized carbons (Fsp3) is 0.304. The highest BCUT2D eigenvalue weighted by Gasteiger charge is 2.41. The van der Waals surface area contributed by atoms with Crippen LogP contribution in [0.25, 0.3) is 0 Å². The number of aromatic nitrogens is 2. The predicted molar refractivity (Wildman–Crippen MR) is 121 cm³/mol. The van der Waals surface area contributed by atoms with Gasteiger partial charge in [0.1, 0.15) is 6.04 Å². The van der Waals surface area contributed by atoms with Gasteiger partial charge in [0.2, 0.25) is 10.0 Å². The minimum atomic E-state index is -3.74. The van der Waals surface area contributed by atoms with E-state index in [1.165, 1.54) is 14.6 Å². The molecule has 4 rings (SSSR count). The van der Waals surface area contributed by atoms with E-state index < -0.39 is 16.1 Å². The minimum absolute atomic E-state index is 0.207. The summed E-state index contributed by atoms with van der Waals surface area (Å²) in [5.41, 5.74) is 2.67. The van der Waals surface area contributed by atoms with Crippen LogP contribution in [0.2, 0.25) is 0 Å². The first kappa shape index (κ1) is 21.8. The molecule has 1 aliphatic rings. The third-order valence-corrected chi connectivity index (χ3v) is 8.74. The Labute approximate surface area is 187 Å². The van der Waals surface area contributed by atoms with Gasteiger partial charge in [-0.1, -0.05) is 47.7 Å². The standard InChI is InChI=1S/C23H25N3O3S2/c1-16-11-13-19(14-12-16)30-22-17(2)24-26(18(22)3)23(27)21-10-7-15-25(21)31(28,29)20-8-5-4-6-9-20/h4-6,8-9,11-14,21H,7,10,15H2,1-3H3/t21-/m1/s1. The molecule has 1 aliphatic heterocycles.